The molecule has 0 spiro atoms. The van der Waals surface area contributed by atoms with E-state index in [1.165, 1.54) is 13.2 Å². The van der Waals surface area contributed by atoms with Crippen LogP contribution in [0.5, 0.6) is 5.75 Å². The second kappa shape index (κ2) is 5.01. The topological polar surface area (TPSA) is 69.4 Å². The number of carbonyl (C=O) groups excluding carboxylic acids is 1. The molecule has 0 fully saturated rings. The van der Waals surface area contributed by atoms with Crippen LogP contribution in [-0.2, 0) is 6.42 Å². The number of methoxy groups -OCH3 is 1. The van der Waals surface area contributed by atoms with E-state index in [-0.39, 0.29) is 11.5 Å². The summed E-state index contributed by atoms with van der Waals surface area (Å²) in [5.74, 6) is 0.601. The van der Waals surface area contributed by atoms with E-state index >= 15 is 0 Å². The van der Waals surface area contributed by atoms with E-state index in [0.717, 1.165) is 5.56 Å². The number of nitro groups is 1. The molecule has 2 aromatic rings. The van der Waals surface area contributed by atoms with Gasteiger partial charge >= 0.3 is 0 Å². The quantitative estimate of drug-likeness (QED) is 0.639. The molecule has 21 heavy (non-hydrogen) atoms. The predicted molar refractivity (Wildman–Crippen MR) is 77.7 cm³/mol. The van der Waals surface area contributed by atoms with E-state index in [1.807, 2.05) is 6.07 Å². The molecule has 1 aliphatic carbocycles. The van der Waals surface area contributed by atoms with Crippen LogP contribution in [0.25, 0.3) is 11.1 Å². The monoisotopic (exact) mass is 283 g/mol. The molecule has 0 aromatic heterocycles. The van der Waals surface area contributed by atoms with Gasteiger partial charge in [0, 0.05) is 23.6 Å². The third kappa shape index (κ3) is 2.07. The van der Waals surface area contributed by atoms with Gasteiger partial charge in [-0.3, -0.25) is 14.9 Å². The van der Waals surface area contributed by atoms with Crippen LogP contribution in [0.3, 0.4) is 0 Å². The lowest BCUT2D eigenvalue weighted by Gasteiger charge is -2.12. The Labute approximate surface area is 121 Å². The molecule has 0 N–H and O–H groups in total. The maximum atomic E-state index is 11.9. The highest BCUT2D eigenvalue weighted by Gasteiger charge is 2.30. The summed E-state index contributed by atoms with van der Waals surface area (Å²) >= 11 is 0. The molecule has 1 aliphatic rings. The first-order valence-electron chi connectivity index (χ1n) is 6.60. The Bertz CT molecular complexity index is 752. The summed E-state index contributed by atoms with van der Waals surface area (Å²) in [4.78, 5) is 22.8. The van der Waals surface area contributed by atoms with Crippen molar-refractivity contribution < 1.29 is 14.5 Å². The minimum absolute atomic E-state index is 0.00736. The highest BCUT2D eigenvalue weighted by Crippen LogP contribution is 2.42. The van der Waals surface area contributed by atoms with Gasteiger partial charge in [0.1, 0.15) is 5.75 Å². The summed E-state index contributed by atoms with van der Waals surface area (Å²) in [6.07, 6.45) is 0.932. The van der Waals surface area contributed by atoms with Crippen molar-refractivity contribution in [3.05, 3.63) is 57.6 Å². The van der Waals surface area contributed by atoms with Crippen LogP contribution < -0.4 is 4.74 Å². The molecule has 0 aliphatic heterocycles. The molecule has 0 radical (unpaired) electrons. The number of rotatable bonds is 3. The maximum absolute atomic E-state index is 11.9. The number of ether oxygens (including phenoxy) is 1. The Morgan fingerprint density at radius 2 is 1.86 bits per heavy atom. The second-order valence-corrected chi connectivity index (χ2v) is 4.87. The number of hydrogen-bond acceptors (Lipinski definition) is 4. The molecular weight excluding hydrogens is 270 g/mol. The summed E-state index contributed by atoms with van der Waals surface area (Å²) in [6, 6.07) is 10.1. The molecule has 0 amide bonds. The number of carbonyl (C=O) groups is 1. The van der Waals surface area contributed by atoms with Crippen LogP contribution in [0, 0.1) is 10.1 Å². The third-order valence-electron chi connectivity index (χ3n) is 3.77. The number of nitro benzene ring substituents is 1. The molecule has 0 bridgehead atoms. The van der Waals surface area contributed by atoms with E-state index in [0.29, 0.717) is 35.3 Å². The average molecular weight is 283 g/mol. The zero-order chi connectivity index (χ0) is 15.0. The smallest absolute Gasteiger partial charge is 0.277 e. The van der Waals surface area contributed by atoms with Crippen molar-refractivity contribution in [2.75, 3.05) is 7.11 Å². The molecule has 106 valence electrons. The van der Waals surface area contributed by atoms with Crippen LogP contribution in [0.1, 0.15) is 22.3 Å². The fourth-order valence-corrected chi connectivity index (χ4v) is 2.83. The number of ketones is 1. The molecule has 2 aromatic carbocycles. The Hall–Kier alpha value is -2.69. The molecule has 3 rings (SSSR count). The van der Waals surface area contributed by atoms with Crippen molar-refractivity contribution in [2.24, 2.45) is 0 Å². The van der Waals surface area contributed by atoms with Gasteiger partial charge in [0.2, 0.25) is 0 Å². The standard InChI is InChI=1S/C16H13NO4/c1-21-15-5-3-2-4-12(15)16-11-7-9-14(18)10(11)6-8-13(16)17(19)20/h2-6,8H,7,9H2,1H3. The lowest BCUT2D eigenvalue weighted by Crippen LogP contribution is -2.00. The van der Waals surface area contributed by atoms with E-state index in [2.05, 4.69) is 0 Å². The van der Waals surface area contributed by atoms with Crippen molar-refractivity contribution in [3.8, 4) is 16.9 Å². The normalized spacial score (nSPS) is 13.1. The minimum Gasteiger partial charge on any atom is -0.496 e. The lowest BCUT2D eigenvalue weighted by molar-refractivity contribution is -0.384. The van der Waals surface area contributed by atoms with Crippen LogP contribution in [0.15, 0.2) is 36.4 Å². The van der Waals surface area contributed by atoms with Crippen molar-refractivity contribution in [2.45, 2.75) is 12.8 Å². The highest BCUT2D eigenvalue weighted by molar-refractivity contribution is 6.04. The number of hydrogen-bond donors (Lipinski definition) is 0. The number of nitrogens with zero attached hydrogens (tertiary/aromatic N) is 1. The summed E-state index contributed by atoms with van der Waals surface area (Å²) in [5, 5.41) is 11.4. The van der Waals surface area contributed by atoms with Crippen molar-refractivity contribution >= 4 is 11.5 Å². The SMILES string of the molecule is COc1ccccc1-c1c([N+](=O)[O-])ccc2c1CCC2=O. The highest BCUT2D eigenvalue weighted by atomic mass is 16.6. The first kappa shape index (κ1) is 13.3. The number of para-hydroxylation sites is 1. The first-order valence-corrected chi connectivity index (χ1v) is 6.60. The average Bonchev–Trinajstić information content (AvgIpc) is 2.88. The Balaban J connectivity index is 2.35. The second-order valence-electron chi connectivity index (χ2n) is 4.87. The molecule has 0 saturated carbocycles. The van der Waals surface area contributed by atoms with Gasteiger partial charge in [-0.05, 0) is 24.1 Å². The summed E-state index contributed by atoms with van der Waals surface area (Å²) in [7, 11) is 1.53. The van der Waals surface area contributed by atoms with E-state index in [4.69, 9.17) is 4.74 Å². The van der Waals surface area contributed by atoms with Crippen molar-refractivity contribution in [3.63, 3.8) is 0 Å². The van der Waals surface area contributed by atoms with Gasteiger partial charge in [-0.1, -0.05) is 18.2 Å². The maximum Gasteiger partial charge on any atom is 0.277 e. The third-order valence-corrected chi connectivity index (χ3v) is 3.77. The fraction of sp³-hybridized carbons (Fsp3) is 0.188. The molecule has 0 unspecified atom stereocenters. The number of fused-ring (bicyclic) bond motifs is 1. The molecule has 5 nitrogen and oxygen atoms in total. The van der Waals surface area contributed by atoms with Gasteiger partial charge in [-0.15, -0.1) is 0 Å². The number of Topliss-reactive ketones (excluding diaryl/α,β-unsaturated/α-hetero) is 1. The Morgan fingerprint density at radius 1 is 1.10 bits per heavy atom. The summed E-state index contributed by atoms with van der Waals surface area (Å²) < 4.78 is 5.31. The van der Waals surface area contributed by atoms with Crippen LogP contribution in [0.4, 0.5) is 5.69 Å². The molecule has 0 heterocycles. The van der Waals surface area contributed by atoms with Gasteiger partial charge in [-0.25, -0.2) is 0 Å². The van der Waals surface area contributed by atoms with Crippen molar-refractivity contribution in [1.82, 2.24) is 0 Å². The zero-order valence-electron chi connectivity index (χ0n) is 11.5. The first-order chi connectivity index (χ1) is 10.1. The van der Waals surface area contributed by atoms with Gasteiger partial charge in [-0.2, -0.15) is 0 Å². The van der Waals surface area contributed by atoms with Crippen molar-refractivity contribution in [1.29, 1.82) is 0 Å². The number of benzene rings is 2. The lowest BCUT2D eigenvalue weighted by atomic mass is 9.94. The fourth-order valence-electron chi connectivity index (χ4n) is 2.83. The molecule has 0 atom stereocenters. The molecule has 0 saturated heterocycles. The van der Waals surface area contributed by atoms with E-state index < -0.39 is 4.92 Å². The van der Waals surface area contributed by atoms with Crippen LogP contribution in [-0.4, -0.2) is 17.8 Å². The zero-order valence-corrected chi connectivity index (χ0v) is 11.5. The van der Waals surface area contributed by atoms with Gasteiger partial charge < -0.3 is 4.74 Å². The molecule has 5 heteroatoms. The van der Waals surface area contributed by atoms with Gasteiger partial charge in [0.05, 0.1) is 17.6 Å². The Kier molecular flexibility index (Phi) is 3.17. The van der Waals surface area contributed by atoms with E-state index in [1.54, 1.807) is 24.3 Å². The van der Waals surface area contributed by atoms with Gasteiger partial charge in [0.15, 0.2) is 5.78 Å². The van der Waals surface area contributed by atoms with Crippen LogP contribution >= 0.6 is 0 Å². The predicted octanol–water partition coefficient (Wildman–Crippen LogP) is 3.40. The minimum atomic E-state index is -0.412. The van der Waals surface area contributed by atoms with Crippen LogP contribution in [0.2, 0.25) is 0 Å². The van der Waals surface area contributed by atoms with E-state index in [9.17, 15) is 14.9 Å². The Morgan fingerprint density at radius 3 is 2.57 bits per heavy atom. The summed E-state index contributed by atoms with van der Waals surface area (Å²) in [5.41, 5.74) is 2.49. The molecular formula is C16H13NO4. The largest absolute Gasteiger partial charge is 0.496 e. The van der Waals surface area contributed by atoms with Gasteiger partial charge in [0.25, 0.3) is 5.69 Å². The summed E-state index contributed by atoms with van der Waals surface area (Å²) in [6.45, 7) is 0.